The van der Waals surface area contributed by atoms with E-state index in [0.29, 0.717) is 6.54 Å². The molecule has 1 aromatic heterocycles. The van der Waals surface area contributed by atoms with Gasteiger partial charge in [-0.15, -0.1) is 0 Å². The first-order valence-corrected chi connectivity index (χ1v) is 7.33. The van der Waals surface area contributed by atoms with Crippen molar-refractivity contribution in [3.8, 4) is 0 Å². The molecule has 1 aromatic carbocycles. The summed E-state index contributed by atoms with van der Waals surface area (Å²) in [7, 11) is 1.95. The molecule has 0 radical (unpaired) electrons. The van der Waals surface area contributed by atoms with E-state index in [-0.39, 0.29) is 6.04 Å². The van der Waals surface area contributed by atoms with Crippen molar-refractivity contribution in [1.29, 1.82) is 0 Å². The topological polar surface area (TPSA) is 47.1 Å². The Labute approximate surface area is 120 Å². The van der Waals surface area contributed by atoms with Crippen LogP contribution in [0.5, 0.6) is 0 Å². The normalized spacial score (nSPS) is 16.6. The Morgan fingerprint density at radius 1 is 1.30 bits per heavy atom. The van der Waals surface area contributed by atoms with Crippen molar-refractivity contribution >= 4 is 5.69 Å². The quantitative estimate of drug-likeness (QED) is 0.930. The molecule has 2 heterocycles. The largest absolute Gasteiger partial charge is 0.363 e. The van der Waals surface area contributed by atoms with Gasteiger partial charge in [0.25, 0.3) is 0 Å². The van der Waals surface area contributed by atoms with Crippen molar-refractivity contribution in [2.24, 2.45) is 12.8 Å². The van der Waals surface area contributed by atoms with Gasteiger partial charge in [-0.3, -0.25) is 4.68 Å². The first kappa shape index (κ1) is 13.2. The SMILES string of the molecule is Cn1cc(C(CN)N2CCCCc3ccccc32)cn1. The first-order chi connectivity index (χ1) is 9.79. The molecule has 106 valence electrons. The van der Waals surface area contributed by atoms with E-state index in [9.17, 15) is 0 Å². The first-order valence-electron chi connectivity index (χ1n) is 7.33. The van der Waals surface area contributed by atoms with Crippen LogP contribution in [0.25, 0.3) is 0 Å². The minimum atomic E-state index is 0.211. The molecule has 20 heavy (non-hydrogen) atoms. The van der Waals surface area contributed by atoms with Gasteiger partial charge in [-0.2, -0.15) is 5.10 Å². The van der Waals surface area contributed by atoms with Gasteiger partial charge in [-0.1, -0.05) is 18.2 Å². The summed E-state index contributed by atoms with van der Waals surface area (Å²) in [5.74, 6) is 0. The molecule has 0 aliphatic carbocycles. The average Bonchev–Trinajstić information content (AvgIpc) is 2.78. The van der Waals surface area contributed by atoms with Crippen molar-refractivity contribution in [2.75, 3.05) is 18.0 Å². The fourth-order valence-electron chi connectivity index (χ4n) is 3.10. The molecule has 1 aliphatic rings. The summed E-state index contributed by atoms with van der Waals surface area (Å²) >= 11 is 0. The van der Waals surface area contributed by atoms with Crippen LogP contribution in [0.2, 0.25) is 0 Å². The molecule has 1 atom stereocenters. The summed E-state index contributed by atoms with van der Waals surface area (Å²) in [4.78, 5) is 2.46. The summed E-state index contributed by atoms with van der Waals surface area (Å²) in [5, 5.41) is 4.29. The summed E-state index contributed by atoms with van der Waals surface area (Å²) in [6.07, 6.45) is 7.64. The van der Waals surface area contributed by atoms with Gasteiger partial charge in [0.2, 0.25) is 0 Å². The van der Waals surface area contributed by atoms with Crippen LogP contribution in [0.1, 0.15) is 30.0 Å². The zero-order valence-corrected chi connectivity index (χ0v) is 12.0. The molecule has 0 spiro atoms. The number of benzene rings is 1. The van der Waals surface area contributed by atoms with Crippen molar-refractivity contribution in [1.82, 2.24) is 9.78 Å². The van der Waals surface area contributed by atoms with Crippen LogP contribution in [0.3, 0.4) is 0 Å². The zero-order valence-electron chi connectivity index (χ0n) is 12.0. The molecular formula is C16H22N4. The van der Waals surface area contributed by atoms with Gasteiger partial charge in [-0.25, -0.2) is 0 Å². The molecule has 0 fully saturated rings. The highest BCUT2D eigenvalue weighted by Gasteiger charge is 2.24. The van der Waals surface area contributed by atoms with Gasteiger partial charge in [0.15, 0.2) is 0 Å². The summed E-state index contributed by atoms with van der Waals surface area (Å²) in [6, 6.07) is 8.92. The molecule has 4 nitrogen and oxygen atoms in total. The second-order valence-corrected chi connectivity index (χ2v) is 5.48. The van der Waals surface area contributed by atoms with E-state index in [1.54, 1.807) is 0 Å². The van der Waals surface area contributed by atoms with Crippen LogP contribution in [0.15, 0.2) is 36.7 Å². The highest BCUT2D eigenvalue weighted by Crippen LogP contribution is 2.32. The number of para-hydroxylation sites is 1. The predicted molar refractivity (Wildman–Crippen MR) is 81.7 cm³/mol. The number of hydrogen-bond donors (Lipinski definition) is 1. The van der Waals surface area contributed by atoms with E-state index in [4.69, 9.17) is 5.73 Å². The molecular weight excluding hydrogens is 248 g/mol. The summed E-state index contributed by atoms with van der Waals surface area (Å²) in [6.45, 7) is 1.67. The number of aryl methyl sites for hydroxylation is 2. The molecule has 3 rings (SSSR count). The smallest absolute Gasteiger partial charge is 0.0695 e. The van der Waals surface area contributed by atoms with E-state index in [2.05, 4.69) is 40.5 Å². The summed E-state index contributed by atoms with van der Waals surface area (Å²) < 4.78 is 1.85. The van der Waals surface area contributed by atoms with E-state index >= 15 is 0 Å². The molecule has 0 saturated heterocycles. The van der Waals surface area contributed by atoms with Gasteiger partial charge < -0.3 is 10.6 Å². The second-order valence-electron chi connectivity index (χ2n) is 5.48. The molecule has 1 unspecified atom stereocenters. The van der Waals surface area contributed by atoms with Gasteiger partial charge in [0.05, 0.1) is 12.2 Å². The molecule has 0 saturated carbocycles. The van der Waals surface area contributed by atoms with Crippen molar-refractivity contribution in [3.63, 3.8) is 0 Å². The third kappa shape index (κ3) is 2.43. The van der Waals surface area contributed by atoms with Crippen molar-refractivity contribution in [2.45, 2.75) is 25.3 Å². The predicted octanol–water partition coefficient (Wildman–Crippen LogP) is 2.26. The van der Waals surface area contributed by atoms with Crippen LogP contribution >= 0.6 is 0 Å². The van der Waals surface area contributed by atoms with Crippen LogP contribution in [-0.2, 0) is 13.5 Å². The Hall–Kier alpha value is -1.81. The van der Waals surface area contributed by atoms with E-state index in [1.807, 2.05) is 17.9 Å². The highest BCUT2D eigenvalue weighted by molar-refractivity contribution is 5.56. The average molecular weight is 270 g/mol. The van der Waals surface area contributed by atoms with Crippen molar-refractivity contribution in [3.05, 3.63) is 47.8 Å². The number of rotatable bonds is 3. The zero-order chi connectivity index (χ0) is 13.9. The molecule has 0 bridgehead atoms. The summed E-state index contributed by atoms with van der Waals surface area (Å²) in [5.41, 5.74) is 10.0. The van der Waals surface area contributed by atoms with Crippen LogP contribution in [0.4, 0.5) is 5.69 Å². The minimum Gasteiger partial charge on any atom is -0.363 e. The van der Waals surface area contributed by atoms with E-state index < -0.39 is 0 Å². The molecule has 0 amide bonds. The monoisotopic (exact) mass is 270 g/mol. The van der Waals surface area contributed by atoms with Crippen molar-refractivity contribution < 1.29 is 0 Å². The Balaban J connectivity index is 1.99. The molecule has 2 aromatic rings. The van der Waals surface area contributed by atoms with Gasteiger partial charge in [0.1, 0.15) is 0 Å². The third-order valence-corrected chi connectivity index (χ3v) is 4.11. The lowest BCUT2D eigenvalue weighted by atomic mass is 10.1. The highest BCUT2D eigenvalue weighted by atomic mass is 15.3. The Morgan fingerprint density at radius 3 is 2.90 bits per heavy atom. The standard InChI is InChI=1S/C16H22N4/c1-19-12-14(11-18-19)16(10-17)20-9-5-4-7-13-6-2-3-8-15(13)20/h2-3,6,8,11-12,16H,4-5,7,9-10,17H2,1H3. The third-order valence-electron chi connectivity index (χ3n) is 4.11. The number of aromatic nitrogens is 2. The molecule has 1 aliphatic heterocycles. The van der Waals surface area contributed by atoms with Gasteiger partial charge >= 0.3 is 0 Å². The lowest BCUT2D eigenvalue weighted by Gasteiger charge is -2.32. The Kier molecular flexibility index (Phi) is 3.74. The number of nitrogens with zero attached hydrogens (tertiary/aromatic N) is 3. The lowest BCUT2D eigenvalue weighted by molar-refractivity contribution is 0.610. The van der Waals surface area contributed by atoms with Crippen LogP contribution in [0, 0.1) is 0 Å². The number of hydrogen-bond acceptors (Lipinski definition) is 3. The van der Waals surface area contributed by atoms with Crippen LogP contribution < -0.4 is 10.6 Å². The maximum Gasteiger partial charge on any atom is 0.0695 e. The fraction of sp³-hybridized carbons (Fsp3) is 0.438. The minimum absolute atomic E-state index is 0.211. The maximum atomic E-state index is 6.07. The van der Waals surface area contributed by atoms with E-state index in [1.165, 1.54) is 29.7 Å². The van der Waals surface area contributed by atoms with E-state index in [0.717, 1.165) is 13.0 Å². The molecule has 2 N–H and O–H groups in total. The Bertz CT molecular complexity index is 575. The number of nitrogens with two attached hydrogens (primary N) is 1. The fourth-order valence-corrected chi connectivity index (χ4v) is 3.10. The molecule has 4 heteroatoms. The second kappa shape index (κ2) is 5.67. The van der Waals surface area contributed by atoms with Crippen LogP contribution in [-0.4, -0.2) is 22.9 Å². The van der Waals surface area contributed by atoms with Gasteiger partial charge in [-0.05, 0) is 30.9 Å². The lowest BCUT2D eigenvalue weighted by Crippen LogP contribution is -2.34. The number of anilines is 1. The maximum absolute atomic E-state index is 6.07. The number of fused-ring (bicyclic) bond motifs is 1. The van der Waals surface area contributed by atoms with Gasteiger partial charge in [0, 0.05) is 37.6 Å². The Morgan fingerprint density at radius 2 is 2.15 bits per heavy atom.